The Morgan fingerprint density at radius 2 is 1.71 bits per heavy atom. The van der Waals surface area contributed by atoms with Gasteiger partial charge < -0.3 is 4.90 Å². The molecule has 5 heteroatoms. The number of sulfone groups is 1. The molecule has 3 fully saturated rings. The summed E-state index contributed by atoms with van der Waals surface area (Å²) in [4.78, 5) is 12.6. The Morgan fingerprint density at radius 1 is 1.12 bits per heavy atom. The second-order valence-corrected chi connectivity index (χ2v) is 7.19. The van der Waals surface area contributed by atoms with Gasteiger partial charge in [-0.25, -0.2) is 8.42 Å². The number of rotatable bonds is 2. The number of hydrogen-bond donors (Lipinski definition) is 0. The van der Waals surface area contributed by atoms with E-state index in [1.165, 1.54) is 0 Å². The van der Waals surface area contributed by atoms with Crippen LogP contribution in [0.2, 0.25) is 0 Å². The van der Waals surface area contributed by atoms with E-state index in [9.17, 15) is 13.2 Å². The molecule has 17 heavy (non-hydrogen) atoms. The third kappa shape index (κ3) is 1.57. The van der Waals surface area contributed by atoms with E-state index in [0.717, 1.165) is 18.4 Å². The van der Waals surface area contributed by atoms with E-state index >= 15 is 0 Å². The summed E-state index contributed by atoms with van der Waals surface area (Å²) >= 11 is 0. The second-order valence-electron chi connectivity index (χ2n) is 4.68. The van der Waals surface area contributed by atoms with Gasteiger partial charge in [-0.2, -0.15) is 0 Å². The summed E-state index contributed by atoms with van der Waals surface area (Å²) < 4.78 is 23.3. The lowest BCUT2D eigenvalue weighted by molar-refractivity contribution is 0.112. The molecule has 0 radical (unpaired) electrons. The number of anilines is 1. The largest absolute Gasteiger partial charge is 0.369 e. The average Bonchev–Trinajstić information content (AvgIpc) is 2.39. The van der Waals surface area contributed by atoms with Gasteiger partial charge in [0.2, 0.25) is 0 Å². The van der Waals surface area contributed by atoms with Crippen LogP contribution >= 0.6 is 0 Å². The van der Waals surface area contributed by atoms with Crippen LogP contribution in [0.4, 0.5) is 5.69 Å². The van der Waals surface area contributed by atoms with Gasteiger partial charge in [0.15, 0.2) is 9.84 Å². The maximum atomic E-state index is 11.6. The van der Waals surface area contributed by atoms with E-state index in [1.54, 1.807) is 12.1 Å². The molecular weight excluding hydrogens is 238 g/mol. The molecule has 2 bridgehead atoms. The molecule has 0 N–H and O–H groups in total. The molecule has 3 aliphatic heterocycles. The van der Waals surface area contributed by atoms with Crippen LogP contribution in [0.25, 0.3) is 0 Å². The van der Waals surface area contributed by atoms with Crippen LogP contribution in [0.1, 0.15) is 16.8 Å². The van der Waals surface area contributed by atoms with Gasteiger partial charge in [0.1, 0.15) is 6.29 Å². The van der Waals surface area contributed by atoms with Crippen molar-refractivity contribution in [2.75, 3.05) is 18.0 Å². The van der Waals surface area contributed by atoms with Crippen molar-refractivity contribution in [1.29, 1.82) is 0 Å². The van der Waals surface area contributed by atoms with Crippen LogP contribution in [0.15, 0.2) is 24.3 Å². The molecule has 3 saturated heterocycles. The van der Waals surface area contributed by atoms with Crippen molar-refractivity contribution in [2.24, 2.45) is 0 Å². The Kier molecular flexibility index (Phi) is 2.26. The molecule has 3 heterocycles. The lowest BCUT2D eigenvalue weighted by Crippen LogP contribution is -2.62. The zero-order valence-electron chi connectivity index (χ0n) is 9.24. The standard InChI is InChI=1S/C12H13NO3S/c14-8-9-1-3-10(4-2-9)13-6-11-5-12(7-13)17(11,15)16/h1-4,8,11-12H,5-7H2. The highest BCUT2D eigenvalue weighted by atomic mass is 32.2. The zero-order chi connectivity index (χ0) is 12.0. The van der Waals surface area contributed by atoms with Crippen molar-refractivity contribution >= 4 is 21.8 Å². The van der Waals surface area contributed by atoms with E-state index in [1.807, 2.05) is 12.1 Å². The van der Waals surface area contributed by atoms with Crippen LogP contribution in [-0.2, 0) is 9.84 Å². The maximum absolute atomic E-state index is 11.6. The number of nitrogens with zero attached hydrogens (tertiary/aromatic N) is 1. The number of carbonyl (C=O) groups is 1. The van der Waals surface area contributed by atoms with E-state index in [-0.39, 0.29) is 10.5 Å². The first kappa shape index (κ1) is 10.8. The summed E-state index contributed by atoms with van der Waals surface area (Å²) in [6.45, 7) is 1.17. The summed E-state index contributed by atoms with van der Waals surface area (Å²) in [6, 6.07) is 7.27. The van der Waals surface area contributed by atoms with Crippen molar-refractivity contribution in [3.63, 3.8) is 0 Å². The molecule has 1 aromatic rings. The minimum atomic E-state index is -2.82. The zero-order valence-corrected chi connectivity index (χ0v) is 10.1. The predicted molar refractivity (Wildman–Crippen MR) is 65.2 cm³/mol. The number of piperidine rings is 1. The molecule has 3 aliphatic rings. The molecule has 4 nitrogen and oxygen atoms in total. The highest BCUT2D eigenvalue weighted by Gasteiger charge is 2.51. The number of fused-ring (bicyclic) bond motifs is 2. The number of carbonyl (C=O) groups excluding carboxylic acids is 1. The first-order valence-electron chi connectivity index (χ1n) is 5.64. The molecular formula is C12H13NO3S. The molecule has 0 saturated carbocycles. The van der Waals surface area contributed by atoms with Crippen molar-refractivity contribution in [1.82, 2.24) is 0 Å². The Hall–Kier alpha value is -1.36. The molecule has 0 aromatic heterocycles. The minimum Gasteiger partial charge on any atom is -0.369 e. The SMILES string of the molecule is O=Cc1ccc(N2CC3CC(C2)S3(=O)=O)cc1. The molecule has 2 atom stereocenters. The highest BCUT2D eigenvalue weighted by molar-refractivity contribution is 7.94. The fourth-order valence-corrected chi connectivity index (χ4v) is 4.57. The van der Waals surface area contributed by atoms with Crippen LogP contribution < -0.4 is 4.90 Å². The van der Waals surface area contributed by atoms with Crippen LogP contribution in [-0.4, -0.2) is 38.3 Å². The van der Waals surface area contributed by atoms with Crippen LogP contribution in [0, 0.1) is 0 Å². The maximum Gasteiger partial charge on any atom is 0.159 e. The topological polar surface area (TPSA) is 54.5 Å². The Labute approximate surface area is 100 Å². The lowest BCUT2D eigenvalue weighted by atomic mass is 10.1. The second kappa shape index (κ2) is 3.57. The molecule has 1 aromatic carbocycles. The average molecular weight is 251 g/mol. The number of benzene rings is 1. The normalized spacial score (nSPS) is 29.5. The molecule has 0 spiro atoms. The van der Waals surface area contributed by atoms with Gasteiger partial charge in [0.05, 0.1) is 10.5 Å². The predicted octanol–water partition coefficient (Wildman–Crippen LogP) is 0.875. The Balaban J connectivity index is 1.81. The van der Waals surface area contributed by atoms with E-state index in [2.05, 4.69) is 4.90 Å². The molecule has 2 unspecified atom stereocenters. The van der Waals surface area contributed by atoms with Gasteiger partial charge in [-0.3, -0.25) is 4.79 Å². The number of hydrogen-bond acceptors (Lipinski definition) is 4. The minimum absolute atomic E-state index is 0.188. The van der Waals surface area contributed by atoms with E-state index in [0.29, 0.717) is 18.7 Å². The fourth-order valence-electron chi connectivity index (χ4n) is 2.61. The van der Waals surface area contributed by atoms with Crippen molar-refractivity contribution < 1.29 is 13.2 Å². The van der Waals surface area contributed by atoms with Crippen molar-refractivity contribution in [3.05, 3.63) is 29.8 Å². The Morgan fingerprint density at radius 3 is 2.18 bits per heavy atom. The summed E-state index contributed by atoms with van der Waals surface area (Å²) in [5, 5.41) is -0.376. The fraction of sp³-hybridized carbons (Fsp3) is 0.417. The van der Waals surface area contributed by atoms with Crippen molar-refractivity contribution in [3.8, 4) is 0 Å². The van der Waals surface area contributed by atoms with Gasteiger partial charge >= 0.3 is 0 Å². The summed E-state index contributed by atoms with van der Waals surface area (Å²) in [7, 11) is -2.82. The quantitative estimate of drug-likeness (QED) is 0.732. The van der Waals surface area contributed by atoms with Gasteiger partial charge in [0.25, 0.3) is 0 Å². The highest BCUT2D eigenvalue weighted by Crippen LogP contribution is 2.37. The van der Waals surface area contributed by atoms with Gasteiger partial charge in [-0.15, -0.1) is 0 Å². The Bertz CT molecular complexity index is 532. The summed E-state index contributed by atoms with van der Waals surface area (Å²) in [5.41, 5.74) is 1.64. The smallest absolute Gasteiger partial charge is 0.159 e. The summed E-state index contributed by atoms with van der Waals surface area (Å²) in [5.74, 6) is 0. The van der Waals surface area contributed by atoms with Crippen LogP contribution in [0.3, 0.4) is 0 Å². The van der Waals surface area contributed by atoms with Gasteiger partial charge in [-0.1, -0.05) is 0 Å². The first-order valence-corrected chi connectivity index (χ1v) is 7.25. The van der Waals surface area contributed by atoms with E-state index in [4.69, 9.17) is 0 Å². The van der Waals surface area contributed by atoms with Gasteiger partial charge in [-0.05, 0) is 30.7 Å². The monoisotopic (exact) mass is 251 g/mol. The molecule has 4 rings (SSSR count). The molecule has 90 valence electrons. The summed E-state index contributed by atoms with van der Waals surface area (Å²) in [6.07, 6.45) is 1.62. The van der Waals surface area contributed by atoms with Crippen LogP contribution in [0.5, 0.6) is 0 Å². The lowest BCUT2D eigenvalue weighted by Gasteiger charge is -2.47. The third-order valence-corrected chi connectivity index (χ3v) is 6.24. The third-order valence-electron chi connectivity index (χ3n) is 3.70. The van der Waals surface area contributed by atoms with Gasteiger partial charge in [0, 0.05) is 24.3 Å². The van der Waals surface area contributed by atoms with Crippen molar-refractivity contribution in [2.45, 2.75) is 16.9 Å². The molecule has 0 aliphatic carbocycles. The first-order chi connectivity index (χ1) is 8.11. The van der Waals surface area contributed by atoms with E-state index < -0.39 is 9.84 Å². The molecule has 0 amide bonds. The number of aldehydes is 1.